The molecule has 0 amide bonds. The summed E-state index contributed by atoms with van der Waals surface area (Å²) >= 11 is 0. The van der Waals surface area contributed by atoms with E-state index < -0.39 is 0 Å². The Bertz CT molecular complexity index is 374. The van der Waals surface area contributed by atoms with Gasteiger partial charge in [0.15, 0.2) is 0 Å². The van der Waals surface area contributed by atoms with Crippen LogP contribution in [0.3, 0.4) is 0 Å². The van der Waals surface area contributed by atoms with Crippen molar-refractivity contribution in [1.29, 1.82) is 0 Å². The lowest BCUT2D eigenvalue weighted by molar-refractivity contribution is 0.322. The number of rotatable bonds is 2. The lowest BCUT2D eigenvalue weighted by Crippen LogP contribution is -2.37. The van der Waals surface area contributed by atoms with Gasteiger partial charge in [0, 0.05) is 19.1 Å². The highest BCUT2D eigenvalue weighted by Gasteiger charge is 2.21. The summed E-state index contributed by atoms with van der Waals surface area (Å²) < 4.78 is 5.78. The molecule has 1 saturated heterocycles. The first kappa shape index (κ1) is 10.9. The minimum atomic E-state index is 0.654. The van der Waals surface area contributed by atoms with Gasteiger partial charge in [-0.1, -0.05) is 12.1 Å². The van der Waals surface area contributed by atoms with Crippen molar-refractivity contribution < 1.29 is 4.74 Å². The lowest BCUT2D eigenvalue weighted by atomic mass is 10.2. The SMILES string of the molecule is c1ccc2c(c1)OCCCN2C[C@H]1CCCN1. The number of nitrogens with one attached hydrogen (secondary N) is 1. The van der Waals surface area contributed by atoms with Crippen LogP contribution in [-0.4, -0.2) is 32.3 Å². The molecular weight excluding hydrogens is 212 g/mol. The summed E-state index contributed by atoms with van der Waals surface area (Å²) in [7, 11) is 0. The first-order valence-electron chi connectivity index (χ1n) is 6.63. The molecule has 0 aromatic heterocycles. The number of benzene rings is 1. The minimum absolute atomic E-state index is 0.654. The summed E-state index contributed by atoms with van der Waals surface area (Å²) in [6.07, 6.45) is 3.73. The predicted octanol–water partition coefficient (Wildman–Crippen LogP) is 2.03. The van der Waals surface area contributed by atoms with Crippen molar-refractivity contribution in [3.63, 3.8) is 0 Å². The van der Waals surface area contributed by atoms with Crippen LogP contribution in [0.1, 0.15) is 19.3 Å². The molecule has 1 aromatic rings. The van der Waals surface area contributed by atoms with E-state index in [1.807, 2.05) is 0 Å². The van der Waals surface area contributed by atoms with Crippen molar-refractivity contribution in [1.82, 2.24) is 5.32 Å². The number of anilines is 1. The topological polar surface area (TPSA) is 24.5 Å². The predicted molar refractivity (Wildman–Crippen MR) is 69.8 cm³/mol. The van der Waals surface area contributed by atoms with Crippen LogP contribution in [0.2, 0.25) is 0 Å². The molecular formula is C14H20N2O. The quantitative estimate of drug-likeness (QED) is 0.844. The van der Waals surface area contributed by atoms with Crippen molar-refractivity contribution in [3.8, 4) is 5.75 Å². The van der Waals surface area contributed by atoms with Crippen LogP contribution in [0.5, 0.6) is 5.75 Å². The van der Waals surface area contributed by atoms with Crippen LogP contribution < -0.4 is 15.0 Å². The van der Waals surface area contributed by atoms with Crippen molar-refractivity contribution in [2.24, 2.45) is 0 Å². The zero-order chi connectivity index (χ0) is 11.5. The maximum Gasteiger partial charge on any atom is 0.142 e. The van der Waals surface area contributed by atoms with Gasteiger partial charge in [0.05, 0.1) is 12.3 Å². The molecule has 2 aliphatic heterocycles. The molecule has 1 aromatic carbocycles. The molecule has 0 unspecified atom stereocenters. The minimum Gasteiger partial charge on any atom is -0.491 e. The van der Waals surface area contributed by atoms with Gasteiger partial charge in [0.2, 0.25) is 0 Å². The average Bonchev–Trinajstić information content (AvgIpc) is 2.78. The molecule has 3 rings (SSSR count). The number of hydrogen-bond acceptors (Lipinski definition) is 3. The first-order valence-corrected chi connectivity index (χ1v) is 6.63. The Morgan fingerprint density at radius 1 is 1.29 bits per heavy atom. The number of fused-ring (bicyclic) bond motifs is 1. The fraction of sp³-hybridized carbons (Fsp3) is 0.571. The highest BCUT2D eigenvalue weighted by Crippen LogP contribution is 2.30. The Labute approximate surface area is 103 Å². The highest BCUT2D eigenvalue weighted by atomic mass is 16.5. The van der Waals surface area contributed by atoms with Gasteiger partial charge in [0.25, 0.3) is 0 Å². The fourth-order valence-electron chi connectivity index (χ4n) is 2.77. The Morgan fingerprint density at radius 3 is 3.12 bits per heavy atom. The van der Waals surface area contributed by atoms with Gasteiger partial charge in [-0.05, 0) is 37.9 Å². The van der Waals surface area contributed by atoms with Crippen molar-refractivity contribution in [2.75, 3.05) is 31.1 Å². The van der Waals surface area contributed by atoms with E-state index in [1.165, 1.54) is 25.1 Å². The van der Waals surface area contributed by atoms with E-state index in [-0.39, 0.29) is 0 Å². The molecule has 0 spiro atoms. The molecule has 3 nitrogen and oxygen atoms in total. The Kier molecular flexibility index (Phi) is 3.18. The standard InChI is InChI=1S/C14H20N2O/c1-2-7-14-13(6-1)16(9-4-10-17-14)11-12-5-3-8-15-12/h1-2,6-7,12,15H,3-5,8-11H2/t12-/m1/s1. The van der Waals surface area contributed by atoms with E-state index in [1.54, 1.807) is 0 Å². The Hall–Kier alpha value is -1.22. The average molecular weight is 232 g/mol. The normalized spacial score (nSPS) is 24.0. The third-order valence-electron chi connectivity index (χ3n) is 3.64. The molecule has 92 valence electrons. The van der Waals surface area contributed by atoms with Crippen LogP contribution in [0.25, 0.3) is 0 Å². The molecule has 2 heterocycles. The van der Waals surface area contributed by atoms with Gasteiger partial charge in [-0.25, -0.2) is 0 Å². The van der Waals surface area contributed by atoms with E-state index in [2.05, 4.69) is 34.5 Å². The van der Waals surface area contributed by atoms with Crippen LogP contribution in [0, 0.1) is 0 Å². The van der Waals surface area contributed by atoms with Gasteiger partial charge in [-0.3, -0.25) is 0 Å². The van der Waals surface area contributed by atoms with Crippen molar-refractivity contribution in [3.05, 3.63) is 24.3 Å². The van der Waals surface area contributed by atoms with Gasteiger partial charge in [-0.15, -0.1) is 0 Å². The molecule has 1 fully saturated rings. The highest BCUT2D eigenvalue weighted by molar-refractivity contribution is 5.59. The maximum absolute atomic E-state index is 5.78. The fourth-order valence-corrected chi connectivity index (χ4v) is 2.77. The van der Waals surface area contributed by atoms with Crippen LogP contribution in [0.4, 0.5) is 5.69 Å². The molecule has 1 N–H and O–H groups in total. The van der Waals surface area contributed by atoms with Gasteiger partial charge in [0.1, 0.15) is 5.75 Å². The Balaban J connectivity index is 1.78. The maximum atomic E-state index is 5.78. The Morgan fingerprint density at radius 2 is 2.24 bits per heavy atom. The summed E-state index contributed by atoms with van der Waals surface area (Å²) in [6.45, 7) is 4.23. The number of para-hydroxylation sites is 2. The third kappa shape index (κ3) is 2.39. The van der Waals surface area contributed by atoms with Crippen LogP contribution >= 0.6 is 0 Å². The van der Waals surface area contributed by atoms with E-state index in [0.29, 0.717) is 6.04 Å². The van der Waals surface area contributed by atoms with Crippen molar-refractivity contribution in [2.45, 2.75) is 25.3 Å². The first-order chi connectivity index (χ1) is 8.43. The molecule has 3 heteroatoms. The van der Waals surface area contributed by atoms with Crippen LogP contribution in [0.15, 0.2) is 24.3 Å². The number of ether oxygens (including phenoxy) is 1. The molecule has 0 bridgehead atoms. The van der Waals surface area contributed by atoms with E-state index in [9.17, 15) is 0 Å². The molecule has 2 aliphatic rings. The van der Waals surface area contributed by atoms with Gasteiger partial charge < -0.3 is 15.0 Å². The second-order valence-corrected chi connectivity index (χ2v) is 4.91. The smallest absolute Gasteiger partial charge is 0.142 e. The van der Waals surface area contributed by atoms with Gasteiger partial charge in [-0.2, -0.15) is 0 Å². The summed E-state index contributed by atoms with van der Waals surface area (Å²) in [4.78, 5) is 2.48. The third-order valence-corrected chi connectivity index (χ3v) is 3.64. The second-order valence-electron chi connectivity index (χ2n) is 4.91. The zero-order valence-electron chi connectivity index (χ0n) is 10.2. The van der Waals surface area contributed by atoms with Gasteiger partial charge >= 0.3 is 0 Å². The summed E-state index contributed by atoms with van der Waals surface area (Å²) in [5.74, 6) is 1.04. The molecule has 0 aliphatic carbocycles. The molecule has 17 heavy (non-hydrogen) atoms. The van der Waals surface area contributed by atoms with E-state index >= 15 is 0 Å². The van der Waals surface area contributed by atoms with E-state index in [0.717, 1.165) is 31.9 Å². The lowest BCUT2D eigenvalue weighted by Gasteiger charge is -2.26. The van der Waals surface area contributed by atoms with E-state index in [4.69, 9.17) is 4.74 Å². The second kappa shape index (κ2) is 4.96. The van der Waals surface area contributed by atoms with Crippen LogP contribution in [-0.2, 0) is 0 Å². The van der Waals surface area contributed by atoms with Crippen molar-refractivity contribution >= 4 is 5.69 Å². The molecule has 1 atom stereocenters. The largest absolute Gasteiger partial charge is 0.491 e. The zero-order valence-corrected chi connectivity index (χ0v) is 10.2. The number of hydrogen-bond donors (Lipinski definition) is 1. The summed E-state index contributed by atoms with van der Waals surface area (Å²) in [5.41, 5.74) is 1.26. The summed E-state index contributed by atoms with van der Waals surface area (Å²) in [6, 6.07) is 9.06. The monoisotopic (exact) mass is 232 g/mol. The molecule has 0 saturated carbocycles. The number of nitrogens with zero attached hydrogens (tertiary/aromatic N) is 1. The summed E-state index contributed by atoms with van der Waals surface area (Å²) in [5, 5.41) is 3.57. The molecule has 0 radical (unpaired) electrons.